The Morgan fingerprint density at radius 3 is 2.70 bits per heavy atom. The van der Waals surface area contributed by atoms with Gasteiger partial charge in [-0.25, -0.2) is 4.68 Å². The van der Waals surface area contributed by atoms with Crippen LogP contribution in [-0.2, 0) is 9.53 Å². The number of nitrogens with zero attached hydrogens (tertiary/aromatic N) is 6. The molecule has 4 heterocycles. The van der Waals surface area contributed by atoms with Crippen molar-refractivity contribution in [3.8, 4) is 0 Å². The summed E-state index contributed by atoms with van der Waals surface area (Å²) in [6, 6.07) is 7.69. The van der Waals surface area contributed by atoms with Gasteiger partial charge in [0.05, 0.1) is 31.3 Å². The monoisotopic (exact) mass is 425 g/mol. The van der Waals surface area contributed by atoms with Crippen LogP contribution >= 0.6 is 12.2 Å². The number of pyridine rings is 1. The minimum atomic E-state index is -0.271. The van der Waals surface area contributed by atoms with E-state index in [1.807, 2.05) is 39.4 Å². The van der Waals surface area contributed by atoms with Crippen molar-refractivity contribution < 1.29 is 9.53 Å². The molecule has 1 saturated heterocycles. The first kappa shape index (κ1) is 20.0. The van der Waals surface area contributed by atoms with Gasteiger partial charge in [0.15, 0.2) is 5.11 Å². The number of hydrogen-bond acceptors (Lipinski definition) is 6. The van der Waals surface area contributed by atoms with Crippen molar-refractivity contribution in [1.29, 1.82) is 0 Å². The zero-order valence-corrected chi connectivity index (χ0v) is 17.8. The second-order valence-corrected chi connectivity index (χ2v) is 7.51. The highest BCUT2D eigenvalue weighted by molar-refractivity contribution is 7.80. The van der Waals surface area contributed by atoms with Crippen LogP contribution in [0.2, 0.25) is 0 Å². The normalized spacial score (nSPS) is 18.5. The standard InChI is InChI=1S/C20H23N7O2S/c1-13-10-15(14(2)27(13)25-11-22-23-12-25)19-18(16-6-4-5-8-21-16)24-20(30)26(19)9-7-17(28)29-3/h4-6,8,10-12,18-19H,7,9H2,1-3H3,(H,24,30)/t18-,19-/m1/s1. The largest absolute Gasteiger partial charge is 0.469 e. The molecule has 156 valence electrons. The lowest BCUT2D eigenvalue weighted by Gasteiger charge is -2.27. The Kier molecular flexibility index (Phi) is 5.49. The number of carbonyl (C=O) groups is 1. The maximum atomic E-state index is 11.8. The fraction of sp³-hybridized carbons (Fsp3) is 0.350. The molecule has 0 amide bonds. The first-order chi connectivity index (χ1) is 14.5. The fourth-order valence-electron chi connectivity index (χ4n) is 4.03. The number of nitrogens with one attached hydrogen (secondary N) is 1. The molecule has 4 rings (SSSR count). The van der Waals surface area contributed by atoms with Gasteiger partial charge in [0.25, 0.3) is 0 Å². The number of ether oxygens (including phenoxy) is 1. The Bertz CT molecular complexity index is 1050. The smallest absolute Gasteiger partial charge is 0.307 e. The Labute approximate surface area is 179 Å². The molecule has 3 aromatic heterocycles. The van der Waals surface area contributed by atoms with Crippen LogP contribution in [0, 0.1) is 13.8 Å². The molecule has 0 radical (unpaired) electrons. The molecule has 0 unspecified atom stereocenters. The first-order valence-electron chi connectivity index (χ1n) is 9.60. The van der Waals surface area contributed by atoms with E-state index in [9.17, 15) is 4.79 Å². The maximum absolute atomic E-state index is 11.8. The van der Waals surface area contributed by atoms with Crippen LogP contribution in [0.3, 0.4) is 0 Å². The summed E-state index contributed by atoms with van der Waals surface area (Å²) in [5.74, 6) is -0.271. The average Bonchev–Trinajstić information content (AvgIpc) is 3.45. The number of thiocarbonyl (C=S) groups is 1. The quantitative estimate of drug-likeness (QED) is 0.473. The summed E-state index contributed by atoms with van der Waals surface area (Å²) in [5, 5.41) is 11.8. The molecule has 2 atom stereocenters. The molecule has 3 aromatic rings. The third-order valence-corrected chi connectivity index (χ3v) is 5.72. The number of esters is 1. The van der Waals surface area contributed by atoms with Crippen LogP contribution < -0.4 is 5.32 Å². The van der Waals surface area contributed by atoms with E-state index >= 15 is 0 Å². The van der Waals surface area contributed by atoms with Crippen LogP contribution in [0.4, 0.5) is 0 Å². The maximum Gasteiger partial charge on any atom is 0.307 e. The van der Waals surface area contributed by atoms with E-state index < -0.39 is 0 Å². The van der Waals surface area contributed by atoms with Gasteiger partial charge in [-0.15, -0.1) is 10.2 Å². The molecule has 0 bridgehead atoms. The molecule has 1 aliphatic rings. The van der Waals surface area contributed by atoms with Gasteiger partial charge < -0.3 is 15.0 Å². The Balaban J connectivity index is 1.78. The molecule has 0 aliphatic carbocycles. The van der Waals surface area contributed by atoms with Crippen LogP contribution in [0.25, 0.3) is 0 Å². The number of aromatic nitrogens is 5. The molecule has 0 aromatic carbocycles. The van der Waals surface area contributed by atoms with E-state index in [1.54, 1.807) is 18.9 Å². The average molecular weight is 426 g/mol. The molecule has 0 spiro atoms. The van der Waals surface area contributed by atoms with Crippen molar-refractivity contribution in [2.75, 3.05) is 13.7 Å². The van der Waals surface area contributed by atoms with Crippen LogP contribution in [0.1, 0.15) is 41.1 Å². The van der Waals surface area contributed by atoms with Crippen molar-refractivity contribution >= 4 is 23.3 Å². The van der Waals surface area contributed by atoms with Crippen LogP contribution in [-0.4, -0.2) is 54.2 Å². The van der Waals surface area contributed by atoms with E-state index in [4.69, 9.17) is 17.0 Å². The summed E-state index contributed by atoms with van der Waals surface area (Å²) < 4.78 is 8.71. The van der Waals surface area contributed by atoms with Gasteiger partial charge in [-0.05, 0) is 44.3 Å². The Morgan fingerprint density at radius 2 is 2.03 bits per heavy atom. The van der Waals surface area contributed by atoms with E-state index in [0.29, 0.717) is 11.7 Å². The lowest BCUT2D eigenvalue weighted by molar-refractivity contribution is -0.140. The fourth-order valence-corrected chi connectivity index (χ4v) is 4.36. The van der Waals surface area contributed by atoms with Gasteiger partial charge in [-0.1, -0.05) is 6.07 Å². The molecule has 9 nitrogen and oxygen atoms in total. The minimum absolute atomic E-state index is 0.131. The molecule has 30 heavy (non-hydrogen) atoms. The summed E-state index contributed by atoms with van der Waals surface area (Å²) in [7, 11) is 1.39. The molecular formula is C20H23N7O2S. The van der Waals surface area contributed by atoms with Crippen molar-refractivity contribution in [2.24, 2.45) is 0 Å². The summed E-state index contributed by atoms with van der Waals surface area (Å²) >= 11 is 5.65. The van der Waals surface area contributed by atoms with Gasteiger partial charge >= 0.3 is 5.97 Å². The molecule has 0 saturated carbocycles. The summed E-state index contributed by atoms with van der Waals surface area (Å²) in [6.07, 6.45) is 5.34. The van der Waals surface area contributed by atoms with E-state index in [1.165, 1.54) is 7.11 Å². The van der Waals surface area contributed by atoms with Crippen molar-refractivity contribution in [3.63, 3.8) is 0 Å². The number of aryl methyl sites for hydroxylation is 1. The van der Waals surface area contributed by atoms with Gasteiger partial charge in [0.2, 0.25) is 0 Å². The Morgan fingerprint density at radius 1 is 1.27 bits per heavy atom. The number of carbonyl (C=O) groups excluding carboxylic acids is 1. The molecule has 10 heteroatoms. The summed E-state index contributed by atoms with van der Waals surface area (Å²) in [6.45, 7) is 4.53. The lowest BCUT2D eigenvalue weighted by Crippen LogP contribution is -2.32. The van der Waals surface area contributed by atoms with Gasteiger partial charge in [0, 0.05) is 29.7 Å². The minimum Gasteiger partial charge on any atom is -0.469 e. The highest BCUT2D eigenvalue weighted by Crippen LogP contribution is 2.40. The summed E-state index contributed by atoms with van der Waals surface area (Å²) in [5.41, 5.74) is 4.05. The van der Waals surface area contributed by atoms with E-state index in [0.717, 1.165) is 22.6 Å². The number of hydrogen-bond donors (Lipinski definition) is 1. The zero-order chi connectivity index (χ0) is 21.3. The van der Waals surface area contributed by atoms with Crippen molar-refractivity contribution in [3.05, 3.63) is 65.8 Å². The van der Waals surface area contributed by atoms with Crippen molar-refractivity contribution in [2.45, 2.75) is 32.4 Å². The van der Waals surface area contributed by atoms with Crippen molar-refractivity contribution in [1.82, 2.24) is 34.8 Å². The van der Waals surface area contributed by atoms with Gasteiger partial charge in [-0.3, -0.25) is 14.5 Å². The third-order valence-electron chi connectivity index (χ3n) is 5.37. The van der Waals surface area contributed by atoms with E-state index in [2.05, 4.69) is 33.5 Å². The number of methoxy groups -OCH3 is 1. The highest BCUT2D eigenvalue weighted by Gasteiger charge is 2.41. The predicted molar refractivity (Wildman–Crippen MR) is 114 cm³/mol. The van der Waals surface area contributed by atoms with E-state index in [-0.39, 0.29) is 24.5 Å². The SMILES string of the molecule is COC(=O)CCN1C(=S)N[C@H](c2ccccn2)[C@H]1c1cc(C)n(-n2cnnc2)c1C. The van der Waals surface area contributed by atoms with Gasteiger partial charge in [0.1, 0.15) is 12.7 Å². The second-order valence-electron chi connectivity index (χ2n) is 7.13. The Hall–Kier alpha value is -3.27. The number of rotatable bonds is 6. The van der Waals surface area contributed by atoms with Crippen LogP contribution in [0.5, 0.6) is 0 Å². The zero-order valence-electron chi connectivity index (χ0n) is 17.0. The third kappa shape index (κ3) is 3.54. The predicted octanol–water partition coefficient (Wildman–Crippen LogP) is 1.94. The molecular weight excluding hydrogens is 402 g/mol. The summed E-state index contributed by atoms with van der Waals surface area (Å²) in [4.78, 5) is 18.4. The van der Waals surface area contributed by atoms with Gasteiger partial charge in [-0.2, -0.15) is 0 Å². The molecule has 1 N–H and O–H groups in total. The first-order valence-corrected chi connectivity index (χ1v) is 10.0. The van der Waals surface area contributed by atoms with Crippen LogP contribution in [0.15, 0.2) is 43.1 Å². The second kappa shape index (κ2) is 8.23. The lowest BCUT2D eigenvalue weighted by atomic mass is 9.96. The topological polar surface area (TPSA) is 90.1 Å². The molecule has 1 fully saturated rings. The molecule has 1 aliphatic heterocycles. The highest BCUT2D eigenvalue weighted by atomic mass is 32.1.